The SMILES string of the molecule is CC(C)c1c(Cl)ncnc1N(C)C1CCCCC1. The van der Waals surface area contributed by atoms with E-state index in [0.717, 1.165) is 11.4 Å². The van der Waals surface area contributed by atoms with E-state index < -0.39 is 0 Å². The standard InChI is InChI=1S/C14H22ClN3/c1-10(2)12-13(15)16-9-17-14(12)18(3)11-7-5-4-6-8-11/h9-11H,4-8H2,1-3H3. The topological polar surface area (TPSA) is 29.0 Å². The maximum absolute atomic E-state index is 6.23. The van der Waals surface area contributed by atoms with Crippen molar-refractivity contribution in [2.24, 2.45) is 0 Å². The molecule has 0 aliphatic heterocycles. The molecule has 100 valence electrons. The summed E-state index contributed by atoms with van der Waals surface area (Å²) in [6.45, 7) is 4.28. The van der Waals surface area contributed by atoms with Crippen LogP contribution in [-0.2, 0) is 0 Å². The van der Waals surface area contributed by atoms with Crippen LogP contribution in [-0.4, -0.2) is 23.1 Å². The highest BCUT2D eigenvalue weighted by Crippen LogP contribution is 2.33. The first-order valence-corrected chi connectivity index (χ1v) is 7.22. The van der Waals surface area contributed by atoms with Crippen LogP contribution in [0.1, 0.15) is 57.4 Å². The fourth-order valence-electron chi connectivity index (χ4n) is 2.78. The van der Waals surface area contributed by atoms with Gasteiger partial charge in [0, 0.05) is 18.7 Å². The van der Waals surface area contributed by atoms with E-state index in [9.17, 15) is 0 Å². The minimum absolute atomic E-state index is 0.347. The van der Waals surface area contributed by atoms with Crippen LogP contribution in [0.4, 0.5) is 5.82 Å². The first-order valence-electron chi connectivity index (χ1n) is 6.84. The monoisotopic (exact) mass is 267 g/mol. The van der Waals surface area contributed by atoms with Gasteiger partial charge in [-0.3, -0.25) is 0 Å². The van der Waals surface area contributed by atoms with Crippen LogP contribution < -0.4 is 4.90 Å². The molecule has 0 saturated heterocycles. The van der Waals surface area contributed by atoms with E-state index >= 15 is 0 Å². The molecular weight excluding hydrogens is 246 g/mol. The molecule has 1 heterocycles. The van der Waals surface area contributed by atoms with Crippen molar-refractivity contribution in [1.82, 2.24) is 9.97 Å². The molecule has 0 radical (unpaired) electrons. The third kappa shape index (κ3) is 2.77. The highest BCUT2D eigenvalue weighted by molar-refractivity contribution is 6.30. The summed E-state index contributed by atoms with van der Waals surface area (Å²) in [7, 11) is 2.14. The van der Waals surface area contributed by atoms with Crippen LogP contribution in [0.5, 0.6) is 0 Å². The van der Waals surface area contributed by atoms with E-state index in [1.807, 2.05) is 0 Å². The quantitative estimate of drug-likeness (QED) is 0.775. The Morgan fingerprint density at radius 3 is 2.50 bits per heavy atom. The van der Waals surface area contributed by atoms with Gasteiger partial charge in [0.15, 0.2) is 0 Å². The zero-order valence-corrected chi connectivity index (χ0v) is 12.2. The summed E-state index contributed by atoms with van der Waals surface area (Å²) >= 11 is 6.23. The van der Waals surface area contributed by atoms with E-state index in [0.29, 0.717) is 17.1 Å². The molecule has 2 rings (SSSR count). The van der Waals surface area contributed by atoms with Crippen molar-refractivity contribution in [1.29, 1.82) is 0 Å². The lowest BCUT2D eigenvalue weighted by Crippen LogP contribution is -2.34. The molecule has 1 aliphatic carbocycles. The average Bonchev–Trinajstić information content (AvgIpc) is 2.38. The van der Waals surface area contributed by atoms with Crippen LogP contribution in [0, 0.1) is 0 Å². The van der Waals surface area contributed by atoms with E-state index in [-0.39, 0.29) is 0 Å². The molecule has 1 saturated carbocycles. The van der Waals surface area contributed by atoms with Crippen LogP contribution in [0.2, 0.25) is 5.15 Å². The summed E-state index contributed by atoms with van der Waals surface area (Å²) in [6.07, 6.45) is 8.11. The number of halogens is 1. The van der Waals surface area contributed by atoms with Gasteiger partial charge in [-0.1, -0.05) is 44.7 Å². The van der Waals surface area contributed by atoms with Gasteiger partial charge in [0.1, 0.15) is 17.3 Å². The second-order valence-electron chi connectivity index (χ2n) is 5.46. The summed E-state index contributed by atoms with van der Waals surface area (Å²) in [4.78, 5) is 10.9. The van der Waals surface area contributed by atoms with Crippen LogP contribution >= 0.6 is 11.6 Å². The van der Waals surface area contributed by atoms with E-state index in [1.165, 1.54) is 32.1 Å². The minimum atomic E-state index is 0.347. The molecule has 0 unspecified atom stereocenters. The average molecular weight is 268 g/mol. The largest absolute Gasteiger partial charge is 0.356 e. The lowest BCUT2D eigenvalue weighted by atomic mass is 9.94. The molecule has 0 spiro atoms. The summed E-state index contributed by atoms with van der Waals surface area (Å²) in [5.74, 6) is 1.36. The summed E-state index contributed by atoms with van der Waals surface area (Å²) in [5.41, 5.74) is 1.08. The normalized spacial score (nSPS) is 17.2. The van der Waals surface area contributed by atoms with Gasteiger partial charge in [0.05, 0.1) is 0 Å². The molecule has 1 fully saturated rings. The molecule has 0 N–H and O–H groups in total. The minimum Gasteiger partial charge on any atom is -0.356 e. The molecule has 0 amide bonds. The Morgan fingerprint density at radius 2 is 1.89 bits per heavy atom. The van der Waals surface area contributed by atoms with Crippen LogP contribution in [0.3, 0.4) is 0 Å². The maximum atomic E-state index is 6.23. The van der Waals surface area contributed by atoms with Crippen LogP contribution in [0.25, 0.3) is 0 Å². The third-order valence-corrected chi connectivity index (χ3v) is 4.15. The highest BCUT2D eigenvalue weighted by atomic mass is 35.5. The summed E-state index contributed by atoms with van der Waals surface area (Å²) in [6, 6.07) is 0.599. The van der Waals surface area contributed by atoms with Gasteiger partial charge in [-0.15, -0.1) is 0 Å². The number of nitrogens with zero attached hydrogens (tertiary/aromatic N) is 3. The van der Waals surface area contributed by atoms with Crippen molar-refractivity contribution in [2.45, 2.75) is 57.9 Å². The van der Waals surface area contributed by atoms with Gasteiger partial charge in [-0.25, -0.2) is 9.97 Å². The van der Waals surface area contributed by atoms with Gasteiger partial charge in [-0.2, -0.15) is 0 Å². The third-order valence-electron chi connectivity index (χ3n) is 3.85. The Labute approximate surface area is 115 Å². The molecule has 1 aliphatic rings. The molecule has 1 aromatic heterocycles. The number of hydrogen-bond donors (Lipinski definition) is 0. The van der Waals surface area contributed by atoms with Crippen molar-refractivity contribution in [3.8, 4) is 0 Å². The Balaban J connectivity index is 2.28. The Hall–Kier alpha value is -0.830. The number of rotatable bonds is 3. The van der Waals surface area contributed by atoms with E-state index in [2.05, 4.69) is 35.8 Å². The first-order chi connectivity index (χ1) is 8.61. The molecule has 0 aromatic carbocycles. The summed E-state index contributed by atoms with van der Waals surface area (Å²) < 4.78 is 0. The molecular formula is C14H22ClN3. The lowest BCUT2D eigenvalue weighted by Gasteiger charge is -2.33. The fourth-order valence-corrected chi connectivity index (χ4v) is 3.13. The van der Waals surface area contributed by atoms with Crippen LogP contribution in [0.15, 0.2) is 6.33 Å². The van der Waals surface area contributed by atoms with Gasteiger partial charge in [0.25, 0.3) is 0 Å². The first kappa shape index (κ1) is 13.6. The second kappa shape index (κ2) is 5.87. The molecule has 0 atom stereocenters. The van der Waals surface area contributed by atoms with E-state index in [4.69, 9.17) is 11.6 Å². The Bertz CT molecular complexity index is 400. The molecule has 3 nitrogen and oxygen atoms in total. The van der Waals surface area contributed by atoms with Crippen molar-refractivity contribution < 1.29 is 0 Å². The second-order valence-corrected chi connectivity index (χ2v) is 5.82. The van der Waals surface area contributed by atoms with Crippen molar-refractivity contribution in [3.05, 3.63) is 17.0 Å². The molecule has 0 bridgehead atoms. The van der Waals surface area contributed by atoms with Gasteiger partial charge >= 0.3 is 0 Å². The Kier molecular flexibility index (Phi) is 4.44. The number of anilines is 1. The molecule has 1 aromatic rings. The van der Waals surface area contributed by atoms with Gasteiger partial charge in [-0.05, 0) is 18.8 Å². The summed E-state index contributed by atoms with van der Waals surface area (Å²) in [5, 5.41) is 0.595. The maximum Gasteiger partial charge on any atom is 0.138 e. The predicted molar refractivity (Wildman–Crippen MR) is 76.4 cm³/mol. The fraction of sp³-hybridized carbons (Fsp3) is 0.714. The molecule has 18 heavy (non-hydrogen) atoms. The number of aromatic nitrogens is 2. The van der Waals surface area contributed by atoms with Crippen molar-refractivity contribution in [2.75, 3.05) is 11.9 Å². The predicted octanol–water partition coefficient (Wildman–Crippen LogP) is 4.02. The Morgan fingerprint density at radius 1 is 1.22 bits per heavy atom. The number of hydrogen-bond acceptors (Lipinski definition) is 3. The zero-order chi connectivity index (χ0) is 13.1. The zero-order valence-electron chi connectivity index (χ0n) is 11.5. The van der Waals surface area contributed by atoms with Crippen molar-refractivity contribution >= 4 is 17.4 Å². The van der Waals surface area contributed by atoms with Gasteiger partial charge in [0.2, 0.25) is 0 Å². The molecule has 4 heteroatoms. The lowest BCUT2D eigenvalue weighted by molar-refractivity contribution is 0.425. The smallest absolute Gasteiger partial charge is 0.138 e. The highest BCUT2D eigenvalue weighted by Gasteiger charge is 2.23. The van der Waals surface area contributed by atoms with Gasteiger partial charge < -0.3 is 4.90 Å². The van der Waals surface area contributed by atoms with Crippen molar-refractivity contribution in [3.63, 3.8) is 0 Å². The van der Waals surface area contributed by atoms with E-state index in [1.54, 1.807) is 6.33 Å².